The third-order valence-electron chi connectivity index (χ3n) is 4.18. The fourth-order valence-corrected chi connectivity index (χ4v) is 3.70. The second kappa shape index (κ2) is 8.39. The monoisotopic (exact) mass is 416 g/mol. The number of pyridine rings is 1. The number of sulfone groups is 1. The molecule has 0 unspecified atom stereocenters. The number of carbonyl (C=O) groups is 2. The molecule has 0 aliphatic carbocycles. The van der Waals surface area contributed by atoms with Gasteiger partial charge in [-0.05, 0) is 25.1 Å². The second-order valence-corrected chi connectivity index (χ2v) is 8.28. The van der Waals surface area contributed by atoms with E-state index in [9.17, 15) is 18.0 Å². The Morgan fingerprint density at radius 2 is 1.97 bits per heavy atom. The molecule has 1 amide bonds. The number of para-hydroxylation sites is 1. The van der Waals surface area contributed by atoms with Crippen molar-refractivity contribution in [3.8, 4) is 0 Å². The molecule has 0 saturated carbocycles. The maximum absolute atomic E-state index is 13.0. The molecule has 0 saturated heterocycles. The summed E-state index contributed by atoms with van der Waals surface area (Å²) < 4.78 is 29.0. The summed E-state index contributed by atoms with van der Waals surface area (Å²) >= 11 is 0. The highest BCUT2D eigenvalue weighted by atomic mass is 32.2. The second-order valence-electron chi connectivity index (χ2n) is 6.30. The van der Waals surface area contributed by atoms with Crippen molar-refractivity contribution in [1.29, 1.82) is 0 Å². The first kappa shape index (κ1) is 20.5. The minimum atomic E-state index is -3.57. The molecule has 1 aromatic carbocycles. The van der Waals surface area contributed by atoms with Crippen LogP contribution in [0.4, 0.5) is 11.4 Å². The average Bonchev–Trinajstić information content (AvgIpc) is 3.14. The molecule has 1 atom stereocenters. The number of nitrogens with zero attached hydrogens (tertiary/aromatic N) is 3. The lowest BCUT2D eigenvalue weighted by atomic mass is 10.1. The van der Waals surface area contributed by atoms with Gasteiger partial charge in [0.15, 0.2) is 9.84 Å². The van der Waals surface area contributed by atoms with E-state index in [0.29, 0.717) is 5.69 Å². The Balaban J connectivity index is 1.90. The molecule has 3 rings (SSSR count). The summed E-state index contributed by atoms with van der Waals surface area (Å²) in [5, 5.41) is 8.30. The predicted molar refractivity (Wildman–Crippen MR) is 107 cm³/mol. The highest BCUT2D eigenvalue weighted by molar-refractivity contribution is 7.90. The van der Waals surface area contributed by atoms with Gasteiger partial charge in [0, 0.05) is 18.9 Å². The lowest BCUT2D eigenvalue weighted by Gasteiger charge is -2.23. The maximum atomic E-state index is 13.0. The Morgan fingerprint density at radius 1 is 1.24 bits per heavy atom. The van der Waals surface area contributed by atoms with Crippen molar-refractivity contribution in [2.24, 2.45) is 5.10 Å². The van der Waals surface area contributed by atoms with Crippen molar-refractivity contribution in [2.75, 3.05) is 23.2 Å². The van der Waals surface area contributed by atoms with Crippen LogP contribution in [0.1, 0.15) is 13.3 Å². The smallest absolute Gasteiger partial charge is 0.354 e. The summed E-state index contributed by atoms with van der Waals surface area (Å²) in [6, 6.07) is 9.35. The van der Waals surface area contributed by atoms with Crippen molar-refractivity contribution in [3.63, 3.8) is 0 Å². The molecule has 152 valence electrons. The molecule has 1 N–H and O–H groups in total. The Hall–Kier alpha value is -3.27. The first-order valence-electron chi connectivity index (χ1n) is 8.85. The van der Waals surface area contributed by atoms with Gasteiger partial charge in [0.1, 0.15) is 11.8 Å². The molecule has 1 aliphatic rings. The van der Waals surface area contributed by atoms with Crippen LogP contribution in [0.5, 0.6) is 0 Å². The predicted octanol–water partition coefficient (Wildman–Crippen LogP) is 1.62. The number of esters is 1. The average molecular weight is 416 g/mol. The van der Waals surface area contributed by atoms with Crippen molar-refractivity contribution in [3.05, 3.63) is 48.8 Å². The number of ether oxygens (including phenoxy) is 1. The Labute approximate surface area is 168 Å². The van der Waals surface area contributed by atoms with E-state index in [-0.39, 0.29) is 29.3 Å². The van der Waals surface area contributed by atoms with E-state index in [0.717, 1.165) is 6.26 Å². The number of benzene rings is 1. The first-order valence-corrected chi connectivity index (χ1v) is 10.7. The van der Waals surface area contributed by atoms with Crippen molar-refractivity contribution in [1.82, 2.24) is 4.98 Å². The molecular weight excluding hydrogens is 396 g/mol. The molecule has 0 fully saturated rings. The van der Waals surface area contributed by atoms with Gasteiger partial charge in [0.2, 0.25) is 5.91 Å². The van der Waals surface area contributed by atoms with E-state index < -0.39 is 27.8 Å². The van der Waals surface area contributed by atoms with Gasteiger partial charge < -0.3 is 10.1 Å². The van der Waals surface area contributed by atoms with E-state index in [1.807, 2.05) is 6.07 Å². The molecule has 29 heavy (non-hydrogen) atoms. The largest absolute Gasteiger partial charge is 0.461 e. The molecule has 0 bridgehead atoms. The van der Waals surface area contributed by atoms with Gasteiger partial charge in [-0.1, -0.05) is 18.2 Å². The zero-order valence-electron chi connectivity index (χ0n) is 15.9. The lowest BCUT2D eigenvalue weighted by molar-refractivity contribution is -0.135. The van der Waals surface area contributed by atoms with Gasteiger partial charge in [0.05, 0.1) is 29.1 Å². The van der Waals surface area contributed by atoms with Gasteiger partial charge >= 0.3 is 5.97 Å². The molecule has 0 radical (unpaired) electrons. The SMILES string of the molecule is CCOC(=O)C1=NN(c2ccccc2)[C@H](C(=O)Nc2cnccc2S(C)(=O)=O)C1. The summed E-state index contributed by atoms with van der Waals surface area (Å²) in [5.41, 5.74) is 0.796. The number of nitrogens with one attached hydrogen (secondary N) is 1. The Kier molecular flexibility index (Phi) is 5.92. The molecule has 0 spiro atoms. The minimum Gasteiger partial charge on any atom is -0.461 e. The standard InChI is InChI=1S/C19H20N4O5S/c1-3-28-19(25)14-11-16(23(22-14)13-7-5-4-6-8-13)18(24)21-15-12-20-10-9-17(15)29(2,26)27/h4-10,12,16H,3,11H2,1-2H3,(H,21,24)/t16-/m0/s1. The molecule has 2 heterocycles. The van der Waals surface area contributed by atoms with Gasteiger partial charge in [-0.25, -0.2) is 13.2 Å². The van der Waals surface area contributed by atoms with E-state index >= 15 is 0 Å². The van der Waals surface area contributed by atoms with Crippen molar-refractivity contribution < 1.29 is 22.7 Å². The van der Waals surface area contributed by atoms with Crippen LogP contribution in [0.2, 0.25) is 0 Å². The fraction of sp³-hybridized carbons (Fsp3) is 0.263. The highest BCUT2D eigenvalue weighted by Gasteiger charge is 2.37. The third kappa shape index (κ3) is 4.60. The van der Waals surface area contributed by atoms with Crippen LogP contribution in [-0.4, -0.2) is 49.9 Å². The summed E-state index contributed by atoms with van der Waals surface area (Å²) in [6.07, 6.45) is 3.67. The van der Waals surface area contributed by atoms with E-state index in [1.165, 1.54) is 23.5 Å². The van der Waals surface area contributed by atoms with Gasteiger partial charge in [-0.3, -0.25) is 14.8 Å². The highest BCUT2D eigenvalue weighted by Crippen LogP contribution is 2.27. The number of hydrogen-bond acceptors (Lipinski definition) is 8. The van der Waals surface area contributed by atoms with Crippen LogP contribution in [0, 0.1) is 0 Å². The molecule has 9 nitrogen and oxygen atoms in total. The van der Waals surface area contributed by atoms with Crippen LogP contribution in [0.3, 0.4) is 0 Å². The first-order chi connectivity index (χ1) is 13.8. The van der Waals surface area contributed by atoms with Crippen LogP contribution in [-0.2, 0) is 24.2 Å². The maximum Gasteiger partial charge on any atom is 0.354 e. The summed E-state index contributed by atoms with van der Waals surface area (Å²) in [5.74, 6) is -1.11. The number of anilines is 2. The van der Waals surface area contributed by atoms with Gasteiger partial charge in [0.25, 0.3) is 0 Å². The number of amides is 1. The normalized spacial score (nSPS) is 16.3. The van der Waals surface area contributed by atoms with Crippen LogP contribution in [0.25, 0.3) is 0 Å². The lowest BCUT2D eigenvalue weighted by Crippen LogP contribution is -2.39. The Morgan fingerprint density at radius 3 is 2.62 bits per heavy atom. The van der Waals surface area contributed by atoms with Crippen LogP contribution >= 0.6 is 0 Å². The molecular formula is C19H20N4O5S. The van der Waals surface area contributed by atoms with Crippen molar-refractivity contribution in [2.45, 2.75) is 24.3 Å². The number of carbonyl (C=O) groups excluding carboxylic acids is 2. The van der Waals surface area contributed by atoms with E-state index in [2.05, 4.69) is 15.4 Å². The van der Waals surface area contributed by atoms with Crippen LogP contribution in [0.15, 0.2) is 58.8 Å². The quantitative estimate of drug-likeness (QED) is 0.711. The molecule has 10 heteroatoms. The van der Waals surface area contributed by atoms with E-state index in [4.69, 9.17) is 4.74 Å². The van der Waals surface area contributed by atoms with E-state index in [1.54, 1.807) is 31.2 Å². The molecule has 1 aromatic heterocycles. The minimum absolute atomic E-state index is 0.0219. The zero-order valence-corrected chi connectivity index (χ0v) is 16.7. The topological polar surface area (TPSA) is 118 Å². The number of rotatable bonds is 6. The molecule has 1 aliphatic heterocycles. The zero-order chi connectivity index (χ0) is 21.0. The summed E-state index contributed by atoms with van der Waals surface area (Å²) in [6.45, 7) is 1.87. The van der Waals surface area contributed by atoms with Gasteiger partial charge in [-0.15, -0.1) is 0 Å². The third-order valence-corrected chi connectivity index (χ3v) is 5.34. The fourth-order valence-electron chi connectivity index (χ4n) is 2.89. The number of aromatic nitrogens is 1. The van der Waals surface area contributed by atoms with Gasteiger partial charge in [-0.2, -0.15) is 5.10 Å². The number of hydrazone groups is 1. The number of hydrogen-bond donors (Lipinski definition) is 1. The van der Waals surface area contributed by atoms with Crippen molar-refractivity contribution >= 4 is 38.8 Å². The van der Waals surface area contributed by atoms with Crippen LogP contribution < -0.4 is 10.3 Å². The summed E-state index contributed by atoms with van der Waals surface area (Å²) in [7, 11) is -3.57. The summed E-state index contributed by atoms with van der Waals surface area (Å²) in [4.78, 5) is 29.0. The molecule has 2 aromatic rings. The Bertz CT molecular complexity index is 1050.